The number of aliphatic hydroxyl groups excluding tert-OH is 8. The third-order valence-electron chi connectivity index (χ3n) is 4.35. The quantitative estimate of drug-likeness (QED) is 0.166. The maximum absolute atomic E-state index is 9.94. The highest BCUT2D eigenvalue weighted by molar-refractivity contribution is 5.89. The third-order valence-corrected chi connectivity index (χ3v) is 4.35. The minimum Gasteiger partial charge on any atom is -0.478 e. The third kappa shape index (κ3) is 7.41. The summed E-state index contributed by atoms with van der Waals surface area (Å²) in [5, 5.41) is 92.1. The highest BCUT2D eigenvalue weighted by atomic mass is 16.7. The normalized spacial score (nSPS) is 40.8. The second-order valence-electron chi connectivity index (χ2n) is 6.54. The molecule has 1 unspecified atom stereocenters. The van der Waals surface area contributed by atoms with Gasteiger partial charge in [0.15, 0.2) is 12.6 Å². The molecule has 2 aliphatic rings. The van der Waals surface area contributed by atoms with Crippen molar-refractivity contribution in [2.45, 2.75) is 61.4 Å². The molecule has 0 aromatic carbocycles. The zero-order valence-corrected chi connectivity index (χ0v) is 15.9. The number of ether oxygens (including phenoxy) is 3. The molecule has 10 N–H and O–H groups in total. The lowest BCUT2D eigenvalue weighted by Crippen LogP contribution is -2.64. The van der Waals surface area contributed by atoms with Gasteiger partial charge in [-0.15, -0.1) is 0 Å². The molecule has 0 amide bonds. The molecule has 0 bridgehead atoms. The molecule has 31 heavy (non-hydrogen) atoms. The molecule has 15 nitrogen and oxygen atoms in total. The molecule has 2 saturated heterocycles. The molecule has 10 atom stereocenters. The van der Waals surface area contributed by atoms with Gasteiger partial charge in [0.1, 0.15) is 48.8 Å². The first-order valence-corrected chi connectivity index (χ1v) is 8.85. The molecule has 2 aliphatic heterocycles. The molecule has 0 aliphatic carbocycles. The van der Waals surface area contributed by atoms with Crippen LogP contribution in [0.15, 0.2) is 12.2 Å². The van der Waals surface area contributed by atoms with Crippen LogP contribution in [-0.4, -0.2) is 138 Å². The van der Waals surface area contributed by atoms with Crippen molar-refractivity contribution in [2.24, 2.45) is 0 Å². The van der Waals surface area contributed by atoms with Gasteiger partial charge in [0, 0.05) is 12.2 Å². The topological polar surface area (TPSA) is 264 Å². The van der Waals surface area contributed by atoms with Crippen LogP contribution in [0.3, 0.4) is 0 Å². The van der Waals surface area contributed by atoms with Crippen LogP contribution in [0.5, 0.6) is 0 Å². The molecule has 15 heteroatoms. The lowest BCUT2D eigenvalue weighted by Gasteiger charge is -2.45. The predicted octanol–water partition coefficient (Wildman–Crippen LogP) is -5.69. The summed E-state index contributed by atoms with van der Waals surface area (Å²) in [5.74, 6) is -2.51. The summed E-state index contributed by atoms with van der Waals surface area (Å²) in [6.45, 7) is -1.35. The van der Waals surface area contributed by atoms with Crippen molar-refractivity contribution in [1.82, 2.24) is 0 Å². The largest absolute Gasteiger partial charge is 0.478 e. The van der Waals surface area contributed by atoms with Gasteiger partial charge in [-0.05, 0) is 0 Å². The summed E-state index contributed by atoms with van der Waals surface area (Å²) in [7, 11) is 0. The molecule has 180 valence electrons. The van der Waals surface area contributed by atoms with E-state index in [9.17, 15) is 45.3 Å². The Hall–Kier alpha value is -1.76. The molecule has 2 heterocycles. The number of aliphatic hydroxyl groups is 8. The van der Waals surface area contributed by atoms with E-state index >= 15 is 0 Å². The van der Waals surface area contributed by atoms with Crippen molar-refractivity contribution in [3.8, 4) is 0 Å². The number of aliphatic carboxylic acids is 2. The highest BCUT2D eigenvalue weighted by Crippen LogP contribution is 2.28. The first kappa shape index (κ1) is 27.3. The van der Waals surface area contributed by atoms with Crippen LogP contribution in [0.1, 0.15) is 0 Å². The summed E-state index contributed by atoms with van der Waals surface area (Å²) in [4.78, 5) is 19.1. The van der Waals surface area contributed by atoms with Crippen molar-refractivity contribution in [1.29, 1.82) is 0 Å². The predicted molar refractivity (Wildman–Crippen MR) is 93.0 cm³/mol. The molecule has 0 aromatic rings. The summed E-state index contributed by atoms with van der Waals surface area (Å²) in [5.41, 5.74) is 0. The van der Waals surface area contributed by atoms with Gasteiger partial charge in [-0.3, -0.25) is 0 Å². The Morgan fingerprint density at radius 3 is 1.68 bits per heavy atom. The number of hydrogen-bond acceptors (Lipinski definition) is 13. The smallest absolute Gasteiger partial charge is 0.328 e. The fourth-order valence-corrected chi connectivity index (χ4v) is 2.71. The zero-order chi connectivity index (χ0) is 23.9. The van der Waals surface area contributed by atoms with Crippen LogP contribution in [0, 0.1) is 0 Å². The maximum atomic E-state index is 9.94. The minimum absolute atomic E-state index is 0.558. The van der Waals surface area contributed by atoms with Crippen molar-refractivity contribution in [3.05, 3.63) is 12.2 Å². The summed E-state index contributed by atoms with van der Waals surface area (Å²) >= 11 is 0. The molecule has 0 saturated carbocycles. The number of carboxylic acids is 2. The molecule has 0 radical (unpaired) electrons. The molecule has 0 spiro atoms. The van der Waals surface area contributed by atoms with E-state index in [1.165, 1.54) is 0 Å². The van der Waals surface area contributed by atoms with E-state index in [4.69, 9.17) is 29.5 Å². The average molecular weight is 458 g/mol. The van der Waals surface area contributed by atoms with Gasteiger partial charge in [0.2, 0.25) is 0 Å². The standard InChI is InChI=1S/C12H22O11.C4H4O4/c13-1-3-5(15)6(16)9(19)12(22-3)23-10-4(2-14)21-11(20)8(18)7(10)17;5-3(6)1-2-4(7)8/h3-20H,1-2H2;1-2H,(H,5,6)(H,7,8)/b;2-1+/t3-,4-,5+,6+,7-,8-,9-,10-,11?,12+;/m1./s1. The van der Waals surface area contributed by atoms with Crippen molar-refractivity contribution in [2.75, 3.05) is 13.2 Å². The second kappa shape index (κ2) is 12.3. The monoisotopic (exact) mass is 458 g/mol. The molecule has 2 rings (SSSR count). The Morgan fingerprint density at radius 1 is 0.710 bits per heavy atom. The first-order chi connectivity index (χ1) is 14.4. The number of carbonyl (C=O) groups is 2. The lowest BCUT2D eigenvalue weighted by atomic mass is 9.97. The average Bonchev–Trinajstić information content (AvgIpc) is 2.72. The summed E-state index contributed by atoms with van der Waals surface area (Å²) < 4.78 is 15.3. The van der Waals surface area contributed by atoms with E-state index in [1.807, 2.05) is 0 Å². The van der Waals surface area contributed by atoms with Crippen molar-refractivity contribution >= 4 is 11.9 Å². The molecule has 2 fully saturated rings. The van der Waals surface area contributed by atoms with Gasteiger partial charge < -0.3 is 65.3 Å². The minimum atomic E-state index is -1.74. The van der Waals surface area contributed by atoms with E-state index < -0.39 is 86.6 Å². The fourth-order valence-electron chi connectivity index (χ4n) is 2.71. The van der Waals surface area contributed by atoms with E-state index in [1.54, 1.807) is 0 Å². The van der Waals surface area contributed by atoms with Crippen LogP contribution in [0.25, 0.3) is 0 Å². The SMILES string of the molecule is O=C(O)/C=C/C(=O)O.OC[C@H]1O[C@@H](O[C@H]2[C@H](O)[C@@H](O)C(O)O[C@@H]2CO)[C@H](O)[C@@H](O)[C@H]1O. The zero-order valence-electron chi connectivity index (χ0n) is 15.9. The van der Waals surface area contributed by atoms with Gasteiger partial charge >= 0.3 is 11.9 Å². The highest BCUT2D eigenvalue weighted by Gasteiger charge is 2.50. The van der Waals surface area contributed by atoms with Crippen LogP contribution in [-0.2, 0) is 23.8 Å². The Bertz CT molecular complexity index is 592. The van der Waals surface area contributed by atoms with Gasteiger partial charge in [-0.1, -0.05) is 0 Å². The first-order valence-electron chi connectivity index (χ1n) is 8.85. The lowest BCUT2D eigenvalue weighted by molar-refractivity contribution is -0.355. The van der Waals surface area contributed by atoms with E-state index in [0.717, 1.165) is 0 Å². The molecular weight excluding hydrogens is 432 g/mol. The Balaban J connectivity index is 0.000000512. The Labute approximate surface area is 174 Å². The van der Waals surface area contributed by atoms with Crippen molar-refractivity contribution < 1.29 is 74.9 Å². The van der Waals surface area contributed by atoms with Crippen LogP contribution >= 0.6 is 0 Å². The Morgan fingerprint density at radius 2 is 1.23 bits per heavy atom. The molecular formula is C16H26O15. The fraction of sp³-hybridized carbons (Fsp3) is 0.750. The number of rotatable bonds is 6. The molecule has 0 aromatic heterocycles. The van der Waals surface area contributed by atoms with Gasteiger partial charge in [-0.2, -0.15) is 0 Å². The van der Waals surface area contributed by atoms with E-state index in [-0.39, 0.29) is 0 Å². The number of hydrogen-bond donors (Lipinski definition) is 10. The van der Waals surface area contributed by atoms with Crippen LogP contribution < -0.4 is 0 Å². The van der Waals surface area contributed by atoms with E-state index in [2.05, 4.69) is 0 Å². The Kier molecular flexibility index (Phi) is 10.8. The maximum Gasteiger partial charge on any atom is 0.328 e. The summed E-state index contributed by atoms with van der Waals surface area (Å²) in [6.07, 6.45) is -14.5. The van der Waals surface area contributed by atoms with Crippen molar-refractivity contribution in [3.63, 3.8) is 0 Å². The van der Waals surface area contributed by atoms with E-state index in [0.29, 0.717) is 12.2 Å². The second-order valence-corrected chi connectivity index (χ2v) is 6.54. The van der Waals surface area contributed by atoms with Crippen LogP contribution in [0.4, 0.5) is 0 Å². The van der Waals surface area contributed by atoms with Gasteiger partial charge in [-0.25, -0.2) is 9.59 Å². The summed E-state index contributed by atoms with van der Waals surface area (Å²) in [6, 6.07) is 0. The van der Waals surface area contributed by atoms with Gasteiger partial charge in [0.05, 0.1) is 13.2 Å². The van der Waals surface area contributed by atoms with Crippen LogP contribution in [0.2, 0.25) is 0 Å². The van der Waals surface area contributed by atoms with Gasteiger partial charge in [0.25, 0.3) is 0 Å². The number of carboxylic acid groups (broad SMARTS) is 2.